The van der Waals surface area contributed by atoms with Gasteiger partial charge in [-0.1, -0.05) is 25.5 Å². The molecular formula is C14H21NO. The summed E-state index contributed by atoms with van der Waals surface area (Å²) >= 11 is 0. The van der Waals surface area contributed by atoms with Crippen LogP contribution in [0.5, 0.6) is 5.75 Å². The van der Waals surface area contributed by atoms with Crippen molar-refractivity contribution in [3.8, 4) is 5.75 Å². The summed E-state index contributed by atoms with van der Waals surface area (Å²) in [5.41, 5.74) is 1.24. The van der Waals surface area contributed by atoms with E-state index in [4.69, 9.17) is 0 Å². The van der Waals surface area contributed by atoms with Gasteiger partial charge in [-0.05, 0) is 49.5 Å². The topological polar surface area (TPSA) is 23.5 Å². The van der Waals surface area contributed by atoms with Crippen molar-refractivity contribution in [3.05, 3.63) is 29.8 Å². The van der Waals surface area contributed by atoms with Crippen LogP contribution in [0.25, 0.3) is 0 Å². The third-order valence-electron chi connectivity index (χ3n) is 3.42. The number of aromatic hydroxyl groups is 1. The van der Waals surface area contributed by atoms with E-state index in [9.17, 15) is 5.11 Å². The summed E-state index contributed by atoms with van der Waals surface area (Å²) < 4.78 is 0. The Morgan fingerprint density at radius 2 is 2.00 bits per heavy atom. The van der Waals surface area contributed by atoms with Gasteiger partial charge in [-0.15, -0.1) is 0 Å². The molecule has 1 aromatic rings. The largest absolute Gasteiger partial charge is 0.508 e. The molecule has 2 heteroatoms. The Balaban J connectivity index is 1.94. The van der Waals surface area contributed by atoms with Gasteiger partial charge in [0.15, 0.2) is 0 Å². The monoisotopic (exact) mass is 219 g/mol. The van der Waals surface area contributed by atoms with E-state index in [0.717, 1.165) is 6.54 Å². The maximum atomic E-state index is 9.45. The van der Waals surface area contributed by atoms with Gasteiger partial charge in [-0.2, -0.15) is 0 Å². The maximum absolute atomic E-state index is 9.45. The second-order valence-electron chi connectivity index (χ2n) is 4.86. The molecule has 1 saturated heterocycles. The summed E-state index contributed by atoms with van der Waals surface area (Å²) in [6.45, 7) is 5.83. The Kier molecular flexibility index (Phi) is 3.83. The fourth-order valence-electron chi connectivity index (χ4n) is 2.47. The molecule has 16 heavy (non-hydrogen) atoms. The molecule has 0 aromatic heterocycles. The van der Waals surface area contributed by atoms with E-state index in [1.165, 1.54) is 37.9 Å². The molecule has 0 aliphatic carbocycles. The molecule has 1 aliphatic heterocycles. The average molecular weight is 219 g/mol. The molecule has 88 valence electrons. The summed E-state index contributed by atoms with van der Waals surface area (Å²) in [4.78, 5) is 2.54. The molecular weight excluding hydrogens is 198 g/mol. The highest BCUT2D eigenvalue weighted by atomic mass is 16.3. The van der Waals surface area contributed by atoms with Gasteiger partial charge in [0.25, 0.3) is 0 Å². The first-order valence-corrected chi connectivity index (χ1v) is 6.27. The van der Waals surface area contributed by atoms with Crippen molar-refractivity contribution in [1.29, 1.82) is 0 Å². The summed E-state index contributed by atoms with van der Waals surface area (Å²) in [7, 11) is 0. The number of benzene rings is 1. The molecule has 0 amide bonds. The lowest BCUT2D eigenvalue weighted by Gasteiger charge is -2.29. The smallest absolute Gasteiger partial charge is 0.115 e. The lowest BCUT2D eigenvalue weighted by Crippen LogP contribution is -2.32. The zero-order valence-electron chi connectivity index (χ0n) is 10.0. The van der Waals surface area contributed by atoms with Crippen LogP contribution in [0.4, 0.5) is 0 Å². The third-order valence-corrected chi connectivity index (χ3v) is 3.42. The van der Waals surface area contributed by atoms with Gasteiger partial charge in [0.05, 0.1) is 0 Å². The minimum Gasteiger partial charge on any atom is -0.508 e. The standard InChI is InChI=1S/C14H21NO/c1-12(11-15-8-3-2-4-9-15)13-6-5-7-14(16)10-13/h5-7,10,12,16H,2-4,8-9,11H2,1H3. The summed E-state index contributed by atoms with van der Waals surface area (Å²) in [5, 5.41) is 9.45. The van der Waals surface area contributed by atoms with Gasteiger partial charge in [-0.3, -0.25) is 0 Å². The molecule has 2 rings (SSSR count). The molecule has 1 fully saturated rings. The number of likely N-dealkylation sites (tertiary alicyclic amines) is 1. The predicted molar refractivity (Wildman–Crippen MR) is 66.8 cm³/mol. The summed E-state index contributed by atoms with van der Waals surface area (Å²) in [5.74, 6) is 0.883. The van der Waals surface area contributed by atoms with E-state index in [1.54, 1.807) is 6.07 Å². The molecule has 1 aromatic carbocycles. The lowest BCUT2D eigenvalue weighted by molar-refractivity contribution is 0.219. The first kappa shape index (κ1) is 11.5. The Labute approximate surface area is 97.9 Å². The predicted octanol–water partition coefficient (Wildman–Crippen LogP) is 2.98. The number of phenolic OH excluding ortho intramolecular Hbond substituents is 1. The first-order valence-electron chi connectivity index (χ1n) is 6.27. The van der Waals surface area contributed by atoms with E-state index in [0.29, 0.717) is 11.7 Å². The van der Waals surface area contributed by atoms with Gasteiger partial charge in [0.1, 0.15) is 5.75 Å². The van der Waals surface area contributed by atoms with Crippen molar-refractivity contribution < 1.29 is 5.11 Å². The molecule has 0 saturated carbocycles. The van der Waals surface area contributed by atoms with Crippen LogP contribution in [-0.4, -0.2) is 29.6 Å². The molecule has 2 nitrogen and oxygen atoms in total. The molecule has 0 spiro atoms. The fraction of sp³-hybridized carbons (Fsp3) is 0.571. The van der Waals surface area contributed by atoms with Crippen LogP contribution in [0.2, 0.25) is 0 Å². The van der Waals surface area contributed by atoms with Crippen molar-refractivity contribution in [3.63, 3.8) is 0 Å². The van der Waals surface area contributed by atoms with E-state index in [2.05, 4.69) is 17.9 Å². The highest BCUT2D eigenvalue weighted by Gasteiger charge is 2.14. The van der Waals surface area contributed by atoms with Crippen molar-refractivity contribution in [2.45, 2.75) is 32.1 Å². The molecule has 1 aliphatic rings. The summed E-state index contributed by atoms with van der Waals surface area (Å²) in [6.07, 6.45) is 4.07. The van der Waals surface area contributed by atoms with Crippen LogP contribution in [0, 0.1) is 0 Å². The second-order valence-corrected chi connectivity index (χ2v) is 4.86. The number of rotatable bonds is 3. The SMILES string of the molecule is CC(CN1CCCCC1)c1cccc(O)c1. The minimum atomic E-state index is 0.378. The zero-order valence-corrected chi connectivity index (χ0v) is 10.0. The van der Waals surface area contributed by atoms with Crippen molar-refractivity contribution in [1.82, 2.24) is 4.90 Å². The maximum Gasteiger partial charge on any atom is 0.115 e. The van der Waals surface area contributed by atoms with Gasteiger partial charge < -0.3 is 10.0 Å². The highest BCUT2D eigenvalue weighted by molar-refractivity contribution is 5.29. The molecule has 1 N–H and O–H groups in total. The normalized spacial score (nSPS) is 19.6. The van der Waals surface area contributed by atoms with Crippen molar-refractivity contribution in [2.24, 2.45) is 0 Å². The number of nitrogens with zero attached hydrogens (tertiary/aromatic N) is 1. The Morgan fingerprint density at radius 3 is 2.69 bits per heavy atom. The average Bonchev–Trinajstić information content (AvgIpc) is 2.30. The molecule has 0 radical (unpaired) electrons. The van der Waals surface area contributed by atoms with Crippen LogP contribution >= 0.6 is 0 Å². The fourth-order valence-corrected chi connectivity index (χ4v) is 2.47. The summed E-state index contributed by atoms with van der Waals surface area (Å²) in [6, 6.07) is 7.65. The van der Waals surface area contributed by atoms with Crippen LogP contribution in [0.1, 0.15) is 37.7 Å². The zero-order chi connectivity index (χ0) is 11.4. The van der Waals surface area contributed by atoms with E-state index >= 15 is 0 Å². The van der Waals surface area contributed by atoms with Gasteiger partial charge in [-0.25, -0.2) is 0 Å². The Morgan fingerprint density at radius 1 is 1.25 bits per heavy atom. The highest BCUT2D eigenvalue weighted by Crippen LogP contribution is 2.22. The minimum absolute atomic E-state index is 0.378. The molecule has 0 bridgehead atoms. The van der Waals surface area contributed by atoms with Crippen LogP contribution in [0.3, 0.4) is 0 Å². The van der Waals surface area contributed by atoms with Gasteiger partial charge in [0, 0.05) is 6.54 Å². The number of piperidine rings is 1. The van der Waals surface area contributed by atoms with Crippen molar-refractivity contribution >= 4 is 0 Å². The van der Waals surface area contributed by atoms with Gasteiger partial charge >= 0.3 is 0 Å². The van der Waals surface area contributed by atoms with E-state index in [-0.39, 0.29) is 0 Å². The number of hydrogen-bond donors (Lipinski definition) is 1. The van der Waals surface area contributed by atoms with Crippen LogP contribution < -0.4 is 0 Å². The Bertz CT molecular complexity index is 331. The van der Waals surface area contributed by atoms with Gasteiger partial charge in [0.2, 0.25) is 0 Å². The van der Waals surface area contributed by atoms with E-state index < -0.39 is 0 Å². The van der Waals surface area contributed by atoms with E-state index in [1.807, 2.05) is 12.1 Å². The lowest BCUT2D eigenvalue weighted by atomic mass is 9.99. The Hall–Kier alpha value is -1.02. The van der Waals surface area contributed by atoms with Crippen LogP contribution in [0.15, 0.2) is 24.3 Å². The van der Waals surface area contributed by atoms with Crippen molar-refractivity contribution in [2.75, 3.05) is 19.6 Å². The molecule has 1 heterocycles. The number of phenols is 1. The first-order chi connectivity index (χ1) is 7.75. The number of hydrogen-bond acceptors (Lipinski definition) is 2. The third kappa shape index (κ3) is 2.99. The second kappa shape index (κ2) is 5.35. The molecule has 1 atom stereocenters. The van der Waals surface area contributed by atoms with Crippen LogP contribution in [-0.2, 0) is 0 Å². The molecule has 1 unspecified atom stereocenters. The quantitative estimate of drug-likeness (QED) is 0.844.